The zero-order valence-electron chi connectivity index (χ0n) is 10.3. The van der Waals surface area contributed by atoms with Gasteiger partial charge in [-0.3, -0.25) is 0 Å². The van der Waals surface area contributed by atoms with E-state index < -0.39 is 0 Å². The van der Waals surface area contributed by atoms with E-state index in [1.54, 1.807) is 6.07 Å². The first kappa shape index (κ1) is 13.4. The molecule has 1 N–H and O–H groups in total. The number of nitrogens with zero attached hydrogens (tertiary/aromatic N) is 1. The molecule has 1 saturated carbocycles. The van der Waals surface area contributed by atoms with Crippen LogP contribution in [0.15, 0.2) is 16.6 Å². The average Bonchev–Trinajstić information content (AvgIpc) is 2.36. The van der Waals surface area contributed by atoms with Crippen LogP contribution >= 0.6 is 15.9 Å². The normalized spacial score (nSPS) is 23.4. The first-order valence-corrected chi connectivity index (χ1v) is 7.03. The Labute approximate surface area is 115 Å². The second kappa shape index (κ2) is 5.71. The highest BCUT2D eigenvalue weighted by atomic mass is 79.9. The van der Waals surface area contributed by atoms with Gasteiger partial charge in [-0.05, 0) is 53.4 Å². The third-order valence-electron chi connectivity index (χ3n) is 3.54. The van der Waals surface area contributed by atoms with Crippen molar-refractivity contribution < 1.29 is 4.39 Å². The lowest BCUT2D eigenvalue weighted by Crippen LogP contribution is -2.31. The molecule has 0 aromatic heterocycles. The smallest absolute Gasteiger partial charge is 0.139 e. The fourth-order valence-corrected chi connectivity index (χ4v) is 2.92. The quantitative estimate of drug-likeness (QED) is 0.879. The van der Waals surface area contributed by atoms with Gasteiger partial charge in [0.1, 0.15) is 5.82 Å². The Morgan fingerprint density at radius 2 is 2.11 bits per heavy atom. The van der Waals surface area contributed by atoms with Crippen molar-refractivity contribution in [2.45, 2.75) is 38.6 Å². The van der Waals surface area contributed by atoms with Crippen LogP contribution in [0.1, 0.15) is 31.2 Å². The summed E-state index contributed by atoms with van der Waals surface area (Å²) in [5, 5.41) is 12.5. The minimum Gasteiger partial charge on any atom is -0.381 e. The molecule has 2 atom stereocenters. The zero-order valence-corrected chi connectivity index (χ0v) is 11.9. The van der Waals surface area contributed by atoms with Crippen LogP contribution in [0.4, 0.5) is 10.1 Å². The van der Waals surface area contributed by atoms with E-state index in [1.165, 1.54) is 6.07 Å². The Balaban J connectivity index is 2.18. The maximum atomic E-state index is 13.5. The van der Waals surface area contributed by atoms with Crippen molar-refractivity contribution >= 4 is 21.6 Å². The number of aryl methyl sites for hydroxylation is 1. The van der Waals surface area contributed by atoms with Gasteiger partial charge in [-0.15, -0.1) is 0 Å². The van der Waals surface area contributed by atoms with Gasteiger partial charge < -0.3 is 5.32 Å². The van der Waals surface area contributed by atoms with E-state index in [9.17, 15) is 4.39 Å². The van der Waals surface area contributed by atoms with Gasteiger partial charge >= 0.3 is 0 Å². The molecule has 1 fully saturated rings. The van der Waals surface area contributed by atoms with Crippen LogP contribution in [0.3, 0.4) is 0 Å². The molecule has 0 spiro atoms. The van der Waals surface area contributed by atoms with Crippen LogP contribution in [-0.2, 0) is 0 Å². The van der Waals surface area contributed by atoms with Crippen LogP contribution in [-0.4, -0.2) is 6.04 Å². The highest BCUT2D eigenvalue weighted by Crippen LogP contribution is 2.30. The lowest BCUT2D eigenvalue weighted by Gasteiger charge is -2.29. The van der Waals surface area contributed by atoms with Crippen molar-refractivity contribution in [1.82, 2.24) is 0 Å². The Morgan fingerprint density at radius 3 is 2.83 bits per heavy atom. The molecule has 2 unspecified atom stereocenters. The van der Waals surface area contributed by atoms with E-state index in [4.69, 9.17) is 5.26 Å². The maximum Gasteiger partial charge on any atom is 0.139 e. The number of rotatable bonds is 2. The van der Waals surface area contributed by atoms with Crippen LogP contribution in [0, 0.1) is 30.0 Å². The minimum atomic E-state index is -0.271. The Hall–Kier alpha value is -1.08. The number of nitrogens with one attached hydrogen (secondary N) is 1. The lowest BCUT2D eigenvalue weighted by atomic mass is 9.85. The highest BCUT2D eigenvalue weighted by Gasteiger charge is 2.25. The number of hydrogen-bond acceptors (Lipinski definition) is 2. The van der Waals surface area contributed by atoms with Crippen molar-refractivity contribution in [1.29, 1.82) is 5.26 Å². The molecule has 0 heterocycles. The highest BCUT2D eigenvalue weighted by molar-refractivity contribution is 9.10. The Morgan fingerprint density at radius 1 is 1.39 bits per heavy atom. The van der Waals surface area contributed by atoms with Gasteiger partial charge in [0.05, 0.1) is 16.5 Å². The number of nitriles is 1. The van der Waals surface area contributed by atoms with E-state index in [2.05, 4.69) is 27.3 Å². The summed E-state index contributed by atoms with van der Waals surface area (Å²) in [6.07, 6.45) is 4.17. The predicted octanol–water partition coefficient (Wildman–Crippen LogP) is 4.39. The van der Waals surface area contributed by atoms with E-state index in [-0.39, 0.29) is 17.8 Å². The van der Waals surface area contributed by atoms with Gasteiger partial charge in [-0.25, -0.2) is 4.39 Å². The molecule has 0 aliphatic heterocycles. The molecule has 1 aromatic rings. The molecule has 0 bridgehead atoms. The molecule has 2 rings (SSSR count). The van der Waals surface area contributed by atoms with E-state index in [0.29, 0.717) is 4.47 Å². The van der Waals surface area contributed by atoms with E-state index >= 15 is 0 Å². The van der Waals surface area contributed by atoms with Crippen molar-refractivity contribution in [3.63, 3.8) is 0 Å². The van der Waals surface area contributed by atoms with Crippen molar-refractivity contribution in [3.8, 4) is 6.07 Å². The predicted molar refractivity (Wildman–Crippen MR) is 73.8 cm³/mol. The molecule has 0 saturated heterocycles. The first-order chi connectivity index (χ1) is 8.61. The van der Waals surface area contributed by atoms with Crippen LogP contribution in [0.25, 0.3) is 0 Å². The van der Waals surface area contributed by atoms with Crippen molar-refractivity contribution in [2.24, 2.45) is 5.92 Å². The standard InChI is InChI=1S/C14H16BrFN2/c1-9-6-11(15)12(16)7-14(9)18-13-5-3-2-4-10(13)8-17/h6-7,10,13,18H,2-5H2,1H3. The third kappa shape index (κ3) is 2.84. The SMILES string of the molecule is Cc1cc(Br)c(F)cc1NC1CCCCC1C#N. The van der Waals surface area contributed by atoms with Crippen LogP contribution in [0.2, 0.25) is 0 Å². The second-order valence-corrected chi connectivity index (χ2v) is 5.71. The molecule has 96 valence electrons. The summed E-state index contributed by atoms with van der Waals surface area (Å²) < 4.78 is 14.0. The third-order valence-corrected chi connectivity index (χ3v) is 4.15. The molecular formula is C14H16BrFN2. The fourth-order valence-electron chi connectivity index (χ4n) is 2.46. The van der Waals surface area contributed by atoms with Gasteiger partial charge in [-0.1, -0.05) is 12.8 Å². The maximum absolute atomic E-state index is 13.5. The number of halogens is 2. The summed E-state index contributed by atoms with van der Waals surface area (Å²) in [7, 11) is 0. The largest absolute Gasteiger partial charge is 0.381 e. The molecule has 0 amide bonds. The number of anilines is 1. The first-order valence-electron chi connectivity index (χ1n) is 6.23. The molecule has 1 aliphatic rings. The number of hydrogen-bond donors (Lipinski definition) is 1. The second-order valence-electron chi connectivity index (χ2n) is 4.85. The molecular weight excluding hydrogens is 295 g/mol. The Bertz CT molecular complexity index is 481. The van der Waals surface area contributed by atoms with Gasteiger partial charge in [-0.2, -0.15) is 5.26 Å². The monoisotopic (exact) mass is 310 g/mol. The van der Waals surface area contributed by atoms with Crippen LogP contribution in [0.5, 0.6) is 0 Å². The number of benzene rings is 1. The lowest BCUT2D eigenvalue weighted by molar-refractivity contribution is 0.388. The average molecular weight is 311 g/mol. The molecule has 18 heavy (non-hydrogen) atoms. The molecule has 4 heteroatoms. The topological polar surface area (TPSA) is 35.8 Å². The van der Waals surface area contributed by atoms with Gasteiger partial charge in [0, 0.05) is 11.7 Å². The summed E-state index contributed by atoms with van der Waals surface area (Å²) in [6.45, 7) is 1.94. The molecule has 2 nitrogen and oxygen atoms in total. The zero-order chi connectivity index (χ0) is 13.1. The minimum absolute atomic E-state index is 0.0323. The van der Waals surface area contributed by atoms with E-state index in [1.807, 2.05) is 6.92 Å². The van der Waals surface area contributed by atoms with Crippen molar-refractivity contribution in [3.05, 3.63) is 28.0 Å². The molecule has 1 aliphatic carbocycles. The summed E-state index contributed by atoms with van der Waals surface area (Å²) >= 11 is 3.18. The van der Waals surface area contributed by atoms with Crippen LogP contribution < -0.4 is 5.32 Å². The Kier molecular flexibility index (Phi) is 4.23. The van der Waals surface area contributed by atoms with Gasteiger partial charge in [0.15, 0.2) is 0 Å². The summed E-state index contributed by atoms with van der Waals surface area (Å²) in [6, 6.07) is 5.76. The van der Waals surface area contributed by atoms with E-state index in [0.717, 1.165) is 36.9 Å². The van der Waals surface area contributed by atoms with Gasteiger partial charge in [0.2, 0.25) is 0 Å². The molecule has 0 radical (unpaired) electrons. The van der Waals surface area contributed by atoms with Crippen molar-refractivity contribution in [2.75, 3.05) is 5.32 Å². The summed E-state index contributed by atoms with van der Waals surface area (Å²) in [4.78, 5) is 0. The summed E-state index contributed by atoms with van der Waals surface area (Å²) in [5.41, 5.74) is 1.79. The summed E-state index contributed by atoms with van der Waals surface area (Å²) in [5.74, 6) is -0.239. The fraction of sp³-hybridized carbons (Fsp3) is 0.500. The molecule has 1 aromatic carbocycles. The van der Waals surface area contributed by atoms with Gasteiger partial charge in [0.25, 0.3) is 0 Å².